The predicted octanol–water partition coefficient (Wildman–Crippen LogP) is 1.57. The van der Waals surface area contributed by atoms with Crippen LogP contribution in [0.15, 0.2) is 0 Å². The van der Waals surface area contributed by atoms with Gasteiger partial charge in [0.2, 0.25) is 0 Å². The van der Waals surface area contributed by atoms with E-state index in [9.17, 15) is 4.79 Å². The van der Waals surface area contributed by atoms with Gasteiger partial charge in [0.1, 0.15) is 5.60 Å². The van der Waals surface area contributed by atoms with Crippen molar-refractivity contribution < 1.29 is 9.53 Å². The van der Waals surface area contributed by atoms with Gasteiger partial charge in [0, 0.05) is 19.1 Å². The van der Waals surface area contributed by atoms with E-state index in [0.29, 0.717) is 13.1 Å². The van der Waals surface area contributed by atoms with Gasteiger partial charge < -0.3 is 15.8 Å². The standard InChI is InChI=1S/C13H29N3O2/c1-6-8-16(7-2)11(9-14)10-15-12(17)18-13(3,4)5/h11H,6-10,14H2,1-5H3,(H,15,17). The van der Waals surface area contributed by atoms with Crippen molar-refractivity contribution in [2.75, 3.05) is 26.2 Å². The zero-order valence-corrected chi connectivity index (χ0v) is 12.5. The van der Waals surface area contributed by atoms with E-state index in [-0.39, 0.29) is 12.1 Å². The number of nitrogens with zero attached hydrogens (tertiary/aromatic N) is 1. The topological polar surface area (TPSA) is 67.6 Å². The molecule has 1 unspecified atom stereocenters. The van der Waals surface area contributed by atoms with Gasteiger partial charge >= 0.3 is 6.09 Å². The van der Waals surface area contributed by atoms with Crippen molar-refractivity contribution in [2.24, 2.45) is 5.73 Å². The molecule has 0 saturated carbocycles. The van der Waals surface area contributed by atoms with E-state index in [0.717, 1.165) is 19.5 Å². The third-order valence-corrected chi connectivity index (χ3v) is 2.59. The van der Waals surface area contributed by atoms with Crippen molar-refractivity contribution >= 4 is 6.09 Å². The molecule has 0 fully saturated rings. The Kier molecular flexibility index (Phi) is 7.95. The summed E-state index contributed by atoms with van der Waals surface area (Å²) in [6.07, 6.45) is 0.699. The van der Waals surface area contributed by atoms with Gasteiger partial charge in [-0.15, -0.1) is 0 Å². The molecule has 5 heteroatoms. The lowest BCUT2D eigenvalue weighted by molar-refractivity contribution is 0.0509. The number of ether oxygens (including phenoxy) is 1. The molecule has 0 radical (unpaired) electrons. The van der Waals surface area contributed by atoms with E-state index in [1.165, 1.54) is 0 Å². The maximum Gasteiger partial charge on any atom is 0.407 e. The van der Waals surface area contributed by atoms with Crippen molar-refractivity contribution in [3.05, 3.63) is 0 Å². The van der Waals surface area contributed by atoms with Crippen LogP contribution in [0.4, 0.5) is 4.79 Å². The van der Waals surface area contributed by atoms with Crippen LogP contribution in [-0.2, 0) is 4.74 Å². The first-order valence-electron chi connectivity index (χ1n) is 6.75. The number of nitrogens with one attached hydrogen (secondary N) is 1. The molecule has 0 aromatic heterocycles. The van der Waals surface area contributed by atoms with Crippen LogP contribution in [0.3, 0.4) is 0 Å². The van der Waals surface area contributed by atoms with Gasteiger partial charge in [0.25, 0.3) is 0 Å². The summed E-state index contributed by atoms with van der Waals surface area (Å²) < 4.78 is 5.20. The third kappa shape index (κ3) is 7.50. The predicted molar refractivity (Wildman–Crippen MR) is 74.6 cm³/mol. The van der Waals surface area contributed by atoms with Crippen LogP contribution in [0, 0.1) is 0 Å². The summed E-state index contributed by atoms with van der Waals surface area (Å²) in [7, 11) is 0. The molecule has 18 heavy (non-hydrogen) atoms. The first-order chi connectivity index (χ1) is 8.34. The summed E-state index contributed by atoms with van der Waals surface area (Å²) in [5.74, 6) is 0. The molecule has 0 rings (SSSR count). The molecule has 108 valence electrons. The number of hydrogen-bond donors (Lipinski definition) is 2. The monoisotopic (exact) mass is 259 g/mol. The van der Waals surface area contributed by atoms with Crippen LogP contribution in [-0.4, -0.2) is 48.8 Å². The van der Waals surface area contributed by atoms with E-state index in [1.807, 2.05) is 20.8 Å². The van der Waals surface area contributed by atoms with Crippen LogP contribution >= 0.6 is 0 Å². The van der Waals surface area contributed by atoms with Gasteiger partial charge in [-0.1, -0.05) is 13.8 Å². The minimum absolute atomic E-state index is 0.169. The minimum atomic E-state index is -0.462. The van der Waals surface area contributed by atoms with Gasteiger partial charge in [0.05, 0.1) is 0 Å². The summed E-state index contributed by atoms with van der Waals surface area (Å²) in [4.78, 5) is 13.8. The Morgan fingerprint density at radius 2 is 2.00 bits per heavy atom. The normalized spacial score (nSPS) is 13.5. The van der Waals surface area contributed by atoms with E-state index in [2.05, 4.69) is 24.1 Å². The number of nitrogens with two attached hydrogens (primary N) is 1. The molecule has 0 aromatic carbocycles. The molecule has 0 aliphatic heterocycles. The average molecular weight is 259 g/mol. The highest BCUT2D eigenvalue weighted by atomic mass is 16.6. The second kappa shape index (κ2) is 8.32. The SMILES string of the molecule is CCCN(CC)C(CN)CNC(=O)OC(C)(C)C. The molecule has 0 bridgehead atoms. The Morgan fingerprint density at radius 1 is 1.39 bits per heavy atom. The van der Waals surface area contributed by atoms with E-state index in [4.69, 9.17) is 10.5 Å². The first kappa shape index (κ1) is 17.2. The fourth-order valence-corrected chi connectivity index (χ4v) is 1.76. The fraction of sp³-hybridized carbons (Fsp3) is 0.923. The molecule has 3 N–H and O–H groups in total. The summed E-state index contributed by atoms with van der Waals surface area (Å²) in [6, 6.07) is 0.169. The molecule has 0 spiro atoms. The summed E-state index contributed by atoms with van der Waals surface area (Å²) in [6.45, 7) is 12.8. The number of carbonyl (C=O) groups is 1. The largest absolute Gasteiger partial charge is 0.444 e. The van der Waals surface area contributed by atoms with Crippen LogP contribution in [0.2, 0.25) is 0 Å². The second-order valence-corrected chi connectivity index (χ2v) is 5.40. The quantitative estimate of drug-likeness (QED) is 0.728. The Hall–Kier alpha value is -0.810. The Bertz CT molecular complexity index is 239. The number of amides is 1. The lowest BCUT2D eigenvalue weighted by atomic mass is 10.2. The fourth-order valence-electron chi connectivity index (χ4n) is 1.76. The summed E-state index contributed by atoms with van der Waals surface area (Å²) in [5.41, 5.74) is 5.30. The van der Waals surface area contributed by atoms with Crippen molar-refractivity contribution in [3.63, 3.8) is 0 Å². The Labute approximate surface area is 111 Å². The van der Waals surface area contributed by atoms with Crippen molar-refractivity contribution in [3.8, 4) is 0 Å². The van der Waals surface area contributed by atoms with Crippen molar-refractivity contribution in [1.82, 2.24) is 10.2 Å². The van der Waals surface area contributed by atoms with Crippen LogP contribution in [0.5, 0.6) is 0 Å². The van der Waals surface area contributed by atoms with Gasteiger partial charge in [-0.2, -0.15) is 0 Å². The smallest absolute Gasteiger partial charge is 0.407 e. The average Bonchev–Trinajstić information content (AvgIpc) is 2.25. The zero-order chi connectivity index (χ0) is 14.2. The lowest BCUT2D eigenvalue weighted by Gasteiger charge is -2.30. The third-order valence-electron chi connectivity index (χ3n) is 2.59. The molecule has 1 amide bonds. The highest BCUT2D eigenvalue weighted by Gasteiger charge is 2.19. The molecular formula is C13H29N3O2. The molecule has 5 nitrogen and oxygen atoms in total. The maximum atomic E-state index is 11.6. The molecule has 0 aliphatic rings. The van der Waals surface area contributed by atoms with Crippen LogP contribution in [0.1, 0.15) is 41.0 Å². The first-order valence-corrected chi connectivity index (χ1v) is 6.75. The summed E-state index contributed by atoms with van der Waals surface area (Å²) in [5, 5.41) is 2.78. The Morgan fingerprint density at radius 3 is 2.39 bits per heavy atom. The molecular weight excluding hydrogens is 230 g/mol. The highest BCUT2D eigenvalue weighted by molar-refractivity contribution is 5.67. The molecule has 0 saturated heterocycles. The minimum Gasteiger partial charge on any atom is -0.444 e. The van der Waals surface area contributed by atoms with Gasteiger partial charge in [-0.3, -0.25) is 4.90 Å². The van der Waals surface area contributed by atoms with Crippen molar-refractivity contribution in [1.29, 1.82) is 0 Å². The van der Waals surface area contributed by atoms with Gasteiger partial charge in [-0.25, -0.2) is 4.79 Å². The second-order valence-electron chi connectivity index (χ2n) is 5.40. The van der Waals surface area contributed by atoms with Gasteiger partial charge in [0.15, 0.2) is 0 Å². The van der Waals surface area contributed by atoms with Gasteiger partial charge in [-0.05, 0) is 40.3 Å². The summed E-state index contributed by atoms with van der Waals surface area (Å²) >= 11 is 0. The lowest BCUT2D eigenvalue weighted by Crippen LogP contribution is -2.49. The van der Waals surface area contributed by atoms with E-state index in [1.54, 1.807) is 0 Å². The molecule has 0 aliphatic carbocycles. The number of hydrogen-bond acceptors (Lipinski definition) is 4. The molecule has 1 atom stereocenters. The molecule has 0 heterocycles. The number of alkyl carbamates (subject to hydrolysis) is 1. The van der Waals surface area contributed by atoms with E-state index < -0.39 is 5.60 Å². The zero-order valence-electron chi connectivity index (χ0n) is 12.5. The number of carbonyl (C=O) groups excluding carboxylic acids is 1. The van der Waals surface area contributed by atoms with E-state index >= 15 is 0 Å². The van der Waals surface area contributed by atoms with Crippen molar-refractivity contribution in [2.45, 2.75) is 52.7 Å². The van der Waals surface area contributed by atoms with Crippen LogP contribution < -0.4 is 11.1 Å². The Balaban J connectivity index is 4.17. The number of rotatable bonds is 7. The number of likely N-dealkylation sites (N-methyl/N-ethyl adjacent to an activating group) is 1. The van der Waals surface area contributed by atoms with Crippen LogP contribution in [0.25, 0.3) is 0 Å². The maximum absolute atomic E-state index is 11.6. The highest BCUT2D eigenvalue weighted by Crippen LogP contribution is 2.06. The molecule has 0 aromatic rings.